The maximum atomic E-state index is 12.2. The van der Waals surface area contributed by atoms with Gasteiger partial charge in [-0.3, -0.25) is 14.5 Å². The van der Waals surface area contributed by atoms with Gasteiger partial charge in [-0.2, -0.15) is 0 Å². The van der Waals surface area contributed by atoms with Gasteiger partial charge in [0.15, 0.2) is 0 Å². The fraction of sp³-hybridized carbons (Fsp3) is 0.500. The Kier molecular flexibility index (Phi) is 6.76. The molecule has 0 saturated carbocycles. The number of amides is 2. The average molecular weight is 343 g/mol. The predicted octanol–water partition coefficient (Wildman–Crippen LogP) is 2.15. The third-order valence-corrected chi connectivity index (χ3v) is 4.02. The van der Waals surface area contributed by atoms with Crippen LogP contribution in [0.3, 0.4) is 0 Å². The molecule has 0 atom stereocenters. The van der Waals surface area contributed by atoms with Crippen LogP contribution in [0.1, 0.15) is 32.8 Å². The molecular weight excluding hydrogens is 314 g/mol. The molecule has 0 unspecified atom stereocenters. The molecule has 1 aromatic carbocycles. The number of hydrogen-bond acceptors (Lipinski definition) is 3. The molecule has 0 bridgehead atoms. The number of nitrogens with one attached hydrogen (secondary N) is 1. The van der Waals surface area contributed by atoms with Crippen molar-refractivity contribution >= 4 is 17.9 Å². The molecule has 1 heterocycles. The van der Waals surface area contributed by atoms with Gasteiger partial charge in [0.25, 0.3) is 0 Å². The van der Waals surface area contributed by atoms with Crippen molar-refractivity contribution in [2.24, 2.45) is 0 Å². The van der Waals surface area contributed by atoms with Gasteiger partial charge in [0.05, 0.1) is 0 Å². The Labute approximate surface area is 150 Å². The molecular formula is C20H29N3O2. The Morgan fingerprint density at radius 1 is 1.08 bits per heavy atom. The van der Waals surface area contributed by atoms with Crippen LogP contribution in [0.15, 0.2) is 36.4 Å². The van der Waals surface area contributed by atoms with E-state index < -0.39 is 0 Å². The number of carbonyl (C=O) groups is 2. The van der Waals surface area contributed by atoms with Crippen LogP contribution in [0, 0.1) is 0 Å². The summed E-state index contributed by atoms with van der Waals surface area (Å²) in [7, 11) is 0. The molecule has 136 valence electrons. The van der Waals surface area contributed by atoms with E-state index in [1.165, 1.54) is 5.56 Å². The molecule has 0 radical (unpaired) electrons. The van der Waals surface area contributed by atoms with Crippen LogP contribution in [0.5, 0.6) is 0 Å². The summed E-state index contributed by atoms with van der Waals surface area (Å²) in [6.45, 7) is 9.66. The number of carbonyl (C=O) groups excluding carboxylic acids is 2. The second-order valence-corrected chi connectivity index (χ2v) is 7.47. The van der Waals surface area contributed by atoms with Gasteiger partial charge in [0.2, 0.25) is 11.8 Å². The van der Waals surface area contributed by atoms with E-state index in [0.717, 1.165) is 19.6 Å². The lowest BCUT2D eigenvalue weighted by Gasteiger charge is -2.34. The van der Waals surface area contributed by atoms with E-state index in [4.69, 9.17) is 0 Å². The Bertz CT molecular complexity index is 597. The molecule has 0 aliphatic carbocycles. The second kappa shape index (κ2) is 8.81. The smallest absolute Gasteiger partial charge is 0.232 e. The second-order valence-electron chi connectivity index (χ2n) is 7.47. The summed E-state index contributed by atoms with van der Waals surface area (Å²) >= 11 is 0. The summed E-state index contributed by atoms with van der Waals surface area (Å²) in [6, 6.07) is 10.2. The van der Waals surface area contributed by atoms with Crippen LogP contribution in [0.25, 0.3) is 6.08 Å². The van der Waals surface area contributed by atoms with Gasteiger partial charge >= 0.3 is 0 Å². The Balaban J connectivity index is 1.71. The lowest BCUT2D eigenvalue weighted by atomic mass is 10.1. The highest BCUT2D eigenvalue weighted by Gasteiger charge is 2.23. The van der Waals surface area contributed by atoms with Crippen molar-refractivity contribution < 1.29 is 9.59 Å². The SMILES string of the molecule is CC(C)(C)NC(=O)CC(=O)N1CCN(C/C=C/c2ccccc2)CC1. The minimum atomic E-state index is -0.304. The summed E-state index contributed by atoms with van der Waals surface area (Å²) in [5.41, 5.74) is 0.891. The van der Waals surface area contributed by atoms with E-state index in [9.17, 15) is 9.59 Å². The maximum Gasteiger partial charge on any atom is 0.232 e. The first kappa shape index (κ1) is 19.2. The molecule has 25 heavy (non-hydrogen) atoms. The molecule has 0 aromatic heterocycles. The zero-order valence-corrected chi connectivity index (χ0v) is 15.5. The van der Waals surface area contributed by atoms with Gasteiger partial charge in [-0.15, -0.1) is 0 Å². The molecule has 1 fully saturated rings. The van der Waals surface area contributed by atoms with Gasteiger partial charge in [-0.1, -0.05) is 42.5 Å². The van der Waals surface area contributed by atoms with E-state index in [1.54, 1.807) is 4.90 Å². The van der Waals surface area contributed by atoms with Crippen LogP contribution in [0.4, 0.5) is 0 Å². The summed E-state index contributed by atoms with van der Waals surface area (Å²) in [6.07, 6.45) is 4.21. The summed E-state index contributed by atoms with van der Waals surface area (Å²) in [4.78, 5) is 28.2. The fourth-order valence-electron chi connectivity index (χ4n) is 2.79. The molecule has 0 spiro atoms. The van der Waals surface area contributed by atoms with E-state index in [0.29, 0.717) is 13.1 Å². The third kappa shape index (κ3) is 7.10. The molecule has 1 aliphatic heterocycles. The molecule has 5 nitrogen and oxygen atoms in total. The van der Waals surface area contributed by atoms with Crippen molar-refractivity contribution in [3.05, 3.63) is 42.0 Å². The molecule has 1 aromatic rings. The minimum Gasteiger partial charge on any atom is -0.351 e. The topological polar surface area (TPSA) is 52.7 Å². The Hall–Kier alpha value is -2.14. The van der Waals surface area contributed by atoms with Crippen LogP contribution in [-0.2, 0) is 9.59 Å². The van der Waals surface area contributed by atoms with Crippen LogP contribution in [-0.4, -0.2) is 59.9 Å². The molecule has 1 saturated heterocycles. The van der Waals surface area contributed by atoms with Gasteiger partial charge in [0, 0.05) is 38.3 Å². The van der Waals surface area contributed by atoms with Crippen LogP contribution in [0.2, 0.25) is 0 Å². The van der Waals surface area contributed by atoms with Gasteiger partial charge in [-0.25, -0.2) is 0 Å². The normalized spacial score (nSPS) is 16.2. The van der Waals surface area contributed by atoms with Crippen molar-refractivity contribution in [3.8, 4) is 0 Å². The molecule has 1 aliphatic rings. The lowest BCUT2D eigenvalue weighted by molar-refractivity contribution is -0.137. The van der Waals surface area contributed by atoms with Crippen molar-refractivity contribution in [1.82, 2.24) is 15.1 Å². The first-order chi connectivity index (χ1) is 11.8. The zero-order chi connectivity index (χ0) is 18.3. The van der Waals surface area contributed by atoms with Crippen LogP contribution >= 0.6 is 0 Å². The van der Waals surface area contributed by atoms with Crippen molar-refractivity contribution in [3.63, 3.8) is 0 Å². The van der Waals surface area contributed by atoms with Crippen molar-refractivity contribution in [2.45, 2.75) is 32.7 Å². The van der Waals surface area contributed by atoms with E-state index >= 15 is 0 Å². The van der Waals surface area contributed by atoms with Gasteiger partial charge in [0.1, 0.15) is 6.42 Å². The Morgan fingerprint density at radius 2 is 1.72 bits per heavy atom. The molecule has 2 rings (SSSR count). The standard InChI is InChI=1S/C20H29N3O2/c1-20(2,3)21-18(24)16-19(25)23-14-12-22(13-15-23)11-7-10-17-8-5-4-6-9-17/h4-10H,11-16H2,1-3H3,(H,21,24)/b10-7+. The highest BCUT2D eigenvalue weighted by molar-refractivity contribution is 5.97. The minimum absolute atomic E-state index is 0.0643. The number of hydrogen-bond donors (Lipinski definition) is 1. The van der Waals surface area contributed by atoms with Crippen LogP contribution < -0.4 is 5.32 Å². The highest BCUT2D eigenvalue weighted by Crippen LogP contribution is 2.07. The summed E-state index contributed by atoms with van der Waals surface area (Å²) < 4.78 is 0. The largest absolute Gasteiger partial charge is 0.351 e. The fourth-order valence-corrected chi connectivity index (χ4v) is 2.79. The molecule has 5 heteroatoms. The predicted molar refractivity (Wildman–Crippen MR) is 101 cm³/mol. The summed E-state index contributed by atoms with van der Waals surface area (Å²) in [5.74, 6) is -0.285. The molecule has 1 N–H and O–H groups in total. The van der Waals surface area contributed by atoms with Gasteiger partial charge < -0.3 is 10.2 Å². The van der Waals surface area contributed by atoms with Crippen molar-refractivity contribution in [1.29, 1.82) is 0 Å². The average Bonchev–Trinajstić information content (AvgIpc) is 2.54. The Morgan fingerprint density at radius 3 is 2.32 bits per heavy atom. The number of nitrogens with zero attached hydrogens (tertiary/aromatic N) is 2. The number of rotatable bonds is 5. The third-order valence-electron chi connectivity index (χ3n) is 4.02. The quantitative estimate of drug-likeness (QED) is 0.834. The monoisotopic (exact) mass is 343 g/mol. The van der Waals surface area contributed by atoms with E-state index in [2.05, 4.69) is 34.5 Å². The first-order valence-electron chi connectivity index (χ1n) is 8.86. The lowest BCUT2D eigenvalue weighted by Crippen LogP contribution is -2.50. The van der Waals surface area contributed by atoms with Crippen molar-refractivity contribution in [2.75, 3.05) is 32.7 Å². The van der Waals surface area contributed by atoms with E-state index in [-0.39, 0.29) is 23.8 Å². The number of benzene rings is 1. The summed E-state index contributed by atoms with van der Waals surface area (Å²) in [5, 5.41) is 2.84. The van der Waals surface area contributed by atoms with E-state index in [1.807, 2.05) is 39.0 Å². The first-order valence-corrected chi connectivity index (χ1v) is 8.86. The number of piperazine rings is 1. The highest BCUT2D eigenvalue weighted by atomic mass is 16.2. The maximum absolute atomic E-state index is 12.2. The molecule has 2 amide bonds. The zero-order valence-electron chi connectivity index (χ0n) is 15.5. The van der Waals surface area contributed by atoms with Gasteiger partial charge in [-0.05, 0) is 26.3 Å².